The lowest BCUT2D eigenvalue weighted by Crippen LogP contribution is -2.07. The number of hydrogen-bond acceptors (Lipinski definition) is 3. The van der Waals surface area contributed by atoms with Crippen LogP contribution in [0.1, 0.15) is 16.1 Å². The van der Waals surface area contributed by atoms with Crippen LogP contribution in [0.2, 0.25) is 0 Å². The standard InChI is InChI=1S/C19H15NO2S/c21-19(17-10-5-11-18(23)20-17)22-13-14-6-4-9-16(12-14)15-7-2-1-3-8-15/h1-12H,13H2,(H,20,23). The number of pyridine rings is 1. The van der Waals surface area contributed by atoms with Crippen LogP contribution in [0.25, 0.3) is 11.1 Å². The van der Waals surface area contributed by atoms with Crippen molar-refractivity contribution in [3.8, 4) is 11.1 Å². The predicted molar refractivity (Wildman–Crippen MR) is 92.6 cm³/mol. The van der Waals surface area contributed by atoms with Crippen LogP contribution in [-0.2, 0) is 11.3 Å². The van der Waals surface area contributed by atoms with Gasteiger partial charge in [0.15, 0.2) is 0 Å². The van der Waals surface area contributed by atoms with Gasteiger partial charge in [0.05, 0.1) is 0 Å². The molecular formula is C19H15NO2S. The Morgan fingerprint density at radius 1 is 0.913 bits per heavy atom. The molecule has 0 fully saturated rings. The number of H-pyrrole nitrogens is 1. The molecule has 1 N–H and O–H groups in total. The molecule has 0 spiro atoms. The number of esters is 1. The largest absolute Gasteiger partial charge is 0.456 e. The van der Waals surface area contributed by atoms with E-state index >= 15 is 0 Å². The maximum atomic E-state index is 12.0. The molecule has 3 rings (SSSR count). The van der Waals surface area contributed by atoms with Gasteiger partial charge in [-0.3, -0.25) is 0 Å². The van der Waals surface area contributed by atoms with Crippen LogP contribution in [0.3, 0.4) is 0 Å². The summed E-state index contributed by atoms with van der Waals surface area (Å²) in [6, 6.07) is 23.1. The summed E-state index contributed by atoms with van der Waals surface area (Å²) >= 11 is 5.00. The molecular weight excluding hydrogens is 306 g/mol. The van der Waals surface area contributed by atoms with Crippen LogP contribution >= 0.6 is 12.2 Å². The summed E-state index contributed by atoms with van der Waals surface area (Å²) in [5.74, 6) is -0.415. The molecule has 1 aromatic heterocycles. The molecule has 0 atom stereocenters. The second-order valence-corrected chi connectivity index (χ2v) is 5.51. The first kappa shape index (κ1) is 15.2. The lowest BCUT2D eigenvalue weighted by Gasteiger charge is -2.07. The fourth-order valence-corrected chi connectivity index (χ4v) is 2.45. The van der Waals surface area contributed by atoms with Crippen molar-refractivity contribution in [2.24, 2.45) is 0 Å². The van der Waals surface area contributed by atoms with E-state index in [4.69, 9.17) is 17.0 Å². The SMILES string of the molecule is O=C(OCc1cccc(-c2ccccc2)c1)c1cccc(=S)[nH]1. The minimum atomic E-state index is -0.415. The van der Waals surface area contributed by atoms with Gasteiger partial charge in [0.1, 0.15) is 16.9 Å². The van der Waals surface area contributed by atoms with Crippen LogP contribution in [-0.4, -0.2) is 11.0 Å². The third-order valence-corrected chi connectivity index (χ3v) is 3.63. The number of ether oxygens (including phenoxy) is 1. The Hall–Kier alpha value is -2.72. The number of hydrogen-bond donors (Lipinski definition) is 1. The van der Waals surface area contributed by atoms with E-state index in [9.17, 15) is 4.79 Å². The number of nitrogens with one attached hydrogen (secondary N) is 1. The van der Waals surface area contributed by atoms with Crippen molar-refractivity contribution in [3.63, 3.8) is 0 Å². The normalized spacial score (nSPS) is 10.3. The average Bonchev–Trinajstić information content (AvgIpc) is 2.61. The van der Waals surface area contributed by atoms with Crippen LogP contribution in [0.5, 0.6) is 0 Å². The molecule has 0 aliphatic carbocycles. The van der Waals surface area contributed by atoms with Crippen LogP contribution in [0, 0.1) is 4.64 Å². The van der Waals surface area contributed by atoms with Gasteiger partial charge in [-0.05, 0) is 34.9 Å². The second-order valence-electron chi connectivity index (χ2n) is 5.07. The average molecular weight is 321 g/mol. The summed E-state index contributed by atoms with van der Waals surface area (Å²) in [4.78, 5) is 14.8. The molecule has 0 unspecified atom stereocenters. The van der Waals surface area contributed by atoms with Gasteiger partial charge in [-0.2, -0.15) is 0 Å². The molecule has 0 saturated heterocycles. The Kier molecular flexibility index (Phi) is 4.64. The fraction of sp³-hybridized carbons (Fsp3) is 0.0526. The third-order valence-electron chi connectivity index (χ3n) is 3.39. The Morgan fingerprint density at radius 2 is 1.65 bits per heavy atom. The predicted octanol–water partition coefficient (Wildman–Crippen LogP) is 4.77. The van der Waals surface area contributed by atoms with Gasteiger partial charge in [0.2, 0.25) is 0 Å². The minimum Gasteiger partial charge on any atom is -0.456 e. The maximum Gasteiger partial charge on any atom is 0.355 e. The fourth-order valence-electron chi connectivity index (χ4n) is 2.26. The highest BCUT2D eigenvalue weighted by atomic mass is 32.1. The lowest BCUT2D eigenvalue weighted by molar-refractivity contribution is 0.0465. The number of aromatic amines is 1. The summed E-state index contributed by atoms with van der Waals surface area (Å²) in [5.41, 5.74) is 3.53. The molecule has 23 heavy (non-hydrogen) atoms. The zero-order chi connectivity index (χ0) is 16.1. The molecule has 3 nitrogen and oxygen atoms in total. The van der Waals surface area contributed by atoms with E-state index < -0.39 is 5.97 Å². The Labute approximate surface area is 139 Å². The summed E-state index contributed by atoms with van der Waals surface area (Å²) in [7, 11) is 0. The zero-order valence-corrected chi connectivity index (χ0v) is 13.2. The Bertz CT molecular complexity index is 872. The van der Waals surface area contributed by atoms with Crippen molar-refractivity contribution >= 4 is 18.2 Å². The van der Waals surface area contributed by atoms with Gasteiger partial charge in [-0.1, -0.05) is 66.8 Å². The molecule has 0 radical (unpaired) electrons. The minimum absolute atomic E-state index is 0.217. The molecule has 0 amide bonds. The van der Waals surface area contributed by atoms with Crippen molar-refractivity contribution in [1.29, 1.82) is 0 Å². The van der Waals surface area contributed by atoms with Gasteiger partial charge < -0.3 is 9.72 Å². The number of carbonyl (C=O) groups excluding carboxylic acids is 1. The quantitative estimate of drug-likeness (QED) is 0.556. The molecule has 0 bridgehead atoms. The van der Waals surface area contributed by atoms with Crippen molar-refractivity contribution in [2.45, 2.75) is 6.61 Å². The van der Waals surface area contributed by atoms with E-state index in [1.165, 1.54) is 0 Å². The number of rotatable bonds is 4. The van der Waals surface area contributed by atoms with E-state index in [2.05, 4.69) is 17.1 Å². The smallest absolute Gasteiger partial charge is 0.355 e. The first-order valence-electron chi connectivity index (χ1n) is 7.23. The highest BCUT2D eigenvalue weighted by molar-refractivity contribution is 7.71. The Morgan fingerprint density at radius 3 is 2.43 bits per heavy atom. The molecule has 2 aromatic carbocycles. The monoisotopic (exact) mass is 321 g/mol. The second kappa shape index (κ2) is 7.03. The van der Waals surface area contributed by atoms with E-state index in [0.29, 0.717) is 10.3 Å². The lowest BCUT2D eigenvalue weighted by atomic mass is 10.0. The van der Waals surface area contributed by atoms with Crippen LogP contribution < -0.4 is 0 Å². The van der Waals surface area contributed by atoms with Crippen LogP contribution in [0.15, 0.2) is 72.8 Å². The highest BCUT2D eigenvalue weighted by Gasteiger charge is 2.08. The number of carbonyl (C=O) groups is 1. The third kappa shape index (κ3) is 3.93. The number of benzene rings is 2. The number of aromatic nitrogens is 1. The van der Waals surface area contributed by atoms with Gasteiger partial charge in [-0.15, -0.1) is 0 Å². The van der Waals surface area contributed by atoms with Gasteiger partial charge in [0, 0.05) is 0 Å². The van der Waals surface area contributed by atoms with Crippen molar-refractivity contribution in [3.05, 3.63) is 88.7 Å². The van der Waals surface area contributed by atoms with E-state index in [-0.39, 0.29) is 6.61 Å². The molecule has 0 aliphatic rings. The summed E-state index contributed by atoms with van der Waals surface area (Å²) in [5, 5.41) is 0. The molecule has 0 aliphatic heterocycles. The topological polar surface area (TPSA) is 42.1 Å². The van der Waals surface area contributed by atoms with Gasteiger partial charge >= 0.3 is 5.97 Å². The van der Waals surface area contributed by atoms with Crippen molar-refractivity contribution in [1.82, 2.24) is 4.98 Å². The summed E-state index contributed by atoms with van der Waals surface area (Å²) in [6.07, 6.45) is 0. The van der Waals surface area contributed by atoms with Crippen molar-refractivity contribution in [2.75, 3.05) is 0 Å². The molecule has 4 heteroatoms. The first-order chi connectivity index (χ1) is 11.2. The Balaban J connectivity index is 1.71. The van der Waals surface area contributed by atoms with Gasteiger partial charge in [0.25, 0.3) is 0 Å². The first-order valence-corrected chi connectivity index (χ1v) is 7.64. The van der Waals surface area contributed by atoms with Crippen molar-refractivity contribution < 1.29 is 9.53 Å². The zero-order valence-electron chi connectivity index (χ0n) is 12.4. The van der Waals surface area contributed by atoms with E-state index in [1.807, 2.05) is 42.5 Å². The highest BCUT2D eigenvalue weighted by Crippen LogP contribution is 2.20. The van der Waals surface area contributed by atoms with E-state index in [1.54, 1.807) is 18.2 Å². The molecule has 114 valence electrons. The van der Waals surface area contributed by atoms with E-state index in [0.717, 1.165) is 16.7 Å². The molecule has 0 saturated carbocycles. The summed E-state index contributed by atoms with van der Waals surface area (Å²) < 4.78 is 5.85. The van der Waals surface area contributed by atoms with Crippen LogP contribution in [0.4, 0.5) is 0 Å². The maximum absolute atomic E-state index is 12.0. The van der Waals surface area contributed by atoms with Gasteiger partial charge in [-0.25, -0.2) is 4.79 Å². The molecule has 3 aromatic rings. The molecule has 1 heterocycles. The summed E-state index contributed by atoms with van der Waals surface area (Å²) in [6.45, 7) is 0.217.